The highest BCUT2D eigenvalue weighted by molar-refractivity contribution is 5.82. The molecule has 1 aliphatic rings. The lowest BCUT2D eigenvalue weighted by molar-refractivity contribution is -0.131. The molecule has 64 valence electrons. The molecule has 1 saturated heterocycles. The van der Waals surface area contributed by atoms with Crippen LogP contribution >= 0.6 is 0 Å². The fraction of sp³-hybridized carbons (Fsp3) is 0.875. The van der Waals surface area contributed by atoms with Crippen LogP contribution in [-0.2, 0) is 4.79 Å². The van der Waals surface area contributed by atoms with Crippen LogP contribution in [0.25, 0.3) is 0 Å². The van der Waals surface area contributed by atoms with E-state index in [4.69, 9.17) is 0 Å². The Morgan fingerprint density at radius 2 is 2.18 bits per heavy atom. The van der Waals surface area contributed by atoms with Crippen LogP contribution in [0.2, 0.25) is 0 Å². The number of likely N-dealkylation sites (N-methyl/N-ethyl adjacent to an activating group) is 1. The van der Waals surface area contributed by atoms with Gasteiger partial charge in [-0.1, -0.05) is 6.92 Å². The standard InChI is InChI=1S/C8H16N2O/c1-6-4-5-9-7(6)8(11)10(2)3/h6-7,9H,4-5H2,1-3H3. The molecule has 11 heavy (non-hydrogen) atoms. The number of rotatable bonds is 1. The minimum atomic E-state index is 0.0602. The monoisotopic (exact) mass is 156 g/mol. The number of amides is 1. The molecule has 1 fully saturated rings. The molecule has 1 heterocycles. The van der Waals surface area contributed by atoms with Gasteiger partial charge >= 0.3 is 0 Å². The molecule has 0 bridgehead atoms. The maximum absolute atomic E-state index is 11.4. The highest BCUT2D eigenvalue weighted by atomic mass is 16.2. The molecule has 2 atom stereocenters. The molecule has 0 spiro atoms. The number of nitrogens with one attached hydrogen (secondary N) is 1. The summed E-state index contributed by atoms with van der Waals surface area (Å²) >= 11 is 0. The number of hydrogen-bond donors (Lipinski definition) is 1. The average Bonchev–Trinajstić information content (AvgIpc) is 2.33. The van der Waals surface area contributed by atoms with Crippen molar-refractivity contribution >= 4 is 5.91 Å². The van der Waals surface area contributed by atoms with Crippen molar-refractivity contribution in [2.24, 2.45) is 5.92 Å². The summed E-state index contributed by atoms with van der Waals surface area (Å²) in [4.78, 5) is 13.1. The van der Waals surface area contributed by atoms with Crippen molar-refractivity contribution < 1.29 is 4.79 Å². The first kappa shape index (κ1) is 8.53. The first-order valence-electron chi connectivity index (χ1n) is 4.07. The molecule has 0 aliphatic carbocycles. The van der Waals surface area contributed by atoms with Gasteiger partial charge in [0.15, 0.2) is 0 Å². The molecule has 2 unspecified atom stereocenters. The third-order valence-electron chi connectivity index (χ3n) is 2.24. The number of carbonyl (C=O) groups excluding carboxylic acids is 1. The van der Waals surface area contributed by atoms with Crippen LogP contribution < -0.4 is 5.32 Å². The van der Waals surface area contributed by atoms with Gasteiger partial charge in [0, 0.05) is 14.1 Å². The van der Waals surface area contributed by atoms with E-state index in [1.165, 1.54) is 0 Å². The van der Waals surface area contributed by atoms with Crippen LogP contribution in [-0.4, -0.2) is 37.5 Å². The third-order valence-corrected chi connectivity index (χ3v) is 2.24. The minimum absolute atomic E-state index is 0.0602. The Labute approximate surface area is 67.8 Å². The highest BCUT2D eigenvalue weighted by Crippen LogP contribution is 2.15. The average molecular weight is 156 g/mol. The molecule has 1 aliphatic heterocycles. The second kappa shape index (κ2) is 3.22. The maximum atomic E-state index is 11.4. The van der Waals surface area contributed by atoms with Crippen LogP contribution in [0.1, 0.15) is 13.3 Å². The number of nitrogens with zero attached hydrogens (tertiary/aromatic N) is 1. The quantitative estimate of drug-likeness (QED) is 0.583. The fourth-order valence-electron chi connectivity index (χ4n) is 1.44. The van der Waals surface area contributed by atoms with E-state index in [1.54, 1.807) is 19.0 Å². The Balaban J connectivity index is 2.53. The van der Waals surface area contributed by atoms with E-state index in [9.17, 15) is 4.79 Å². The van der Waals surface area contributed by atoms with Crippen molar-refractivity contribution in [2.75, 3.05) is 20.6 Å². The van der Waals surface area contributed by atoms with Crippen molar-refractivity contribution in [3.8, 4) is 0 Å². The molecule has 3 nitrogen and oxygen atoms in total. The van der Waals surface area contributed by atoms with Crippen molar-refractivity contribution in [1.29, 1.82) is 0 Å². The van der Waals surface area contributed by atoms with Crippen LogP contribution in [0.4, 0.5) is 0 Å². The summed E-state index contributed by atoms with van der Waals surface area (Å²) in [7, 11) is 3.60. The first-order chi connectivity index (χ1) is 5.13. The van der Waals surface area contributed by atoms with E-state index < -0.39 is 0 Å². The molecule has 0 saturated carbocycles. The summed E-state index contributed by atoms with van der Waals surface area (Å²) in [6.07, 6.45) is 1.12. The summed E-state index contributed by atoms with van der Waals surface area (Å²) in [5.74, 6) is 0.694. The summed E-state index contributed by atoms with van der Waals surface area (Å²) in [5, 5.41) is 3.20. The molecular formula is C8H16N2O. The minimum Gasteiger partial charge on any atom is -0.347 e. The van der Waals surface area contributed by atoms with Gasteiger partial charge in [-0.15, -0.1) is 0 Å². The first-order valence-corrected chi connectivity index (χ1v) is 4.07. The van der Waals surface area contributed by atoms with Crippen LogP contribution in [0, 0.1) is 5.92 Å². The number of carbonyl (C=O) groups is 1. The molecule has 1 rings (SSSR count). The number of hydrogen-bond acceptors (Lipinski definition) is 2. The summed E-state index contributed by atoms with van der Waals surface area (Å²) < 4.78 is 0. The molecule has 0 aromatic heterocycles. The second-order valence-corrected chi connectivity index (χ2v) is 3.43. The largest absolute Gasteiger partial charge is 0.347 e. The summed E-state index contributed by atoms with van der Waals surface area (Å²) in [6, 6.07) is 0.0602. The summed E-state index contributed by atoms with van der Waals surface area (Å²) in [6.45, 7) is 3.09. The second-order valence-electron chi connectivity index (χ2n) is 3.43. The molecule has 1 amide bonds. The molecule has 0 aromatic rings. The van der Waals surface area contributed by atoms with Crippen LogP contribution in [0.3, 0.4) is 0 Å². The Hall–Kier alpha value is -0.570. The van der Waals surface area contributed by atoms with Crippen molar-refractivity contribution in [1.82, 2.24) is 10.2 Å². The highest BCUT2D eigenvalue weighted by Gasteiger charge is 2.29. The van der Waals surface area contributed by atoms with E-state index in [0.717, 1.165) is 13.0 Å². The SMILES string of the molecule is CC1CCNC1C(=O)N(C)C. The van der Waals surface area contributed by atoms with Gasteiger partial charge in [-0.2, -0.15) is 0 Å². The van der Waals surface area contributed by atoms with Gasteiger partial charge < -0.3 is 10.2 Å². The lowest BCUT2D eigenvalue weighted by atomic mass is 10.0. The lowest BCUT2D eigenvalue weighted by Crippen LogP contribution is -2.42. The van der Waals surface area contributed by atoms with Crippen LogP contribution in [0.5, 0.6) is 0 Å². The van der Waals surface area contributed by atoms with E-state index in [1.807, 2.05) is 0 Å². The fourth-order valence-corrected chi connectivity index (χ4v) is 1.44. The van der Waals surface area contributed by atoms with E-state index in [-0.39, 0.29) is 11.9 Å². The van der Waals surface area contributed by atoms with Gasteiger partial charge in [-0.25, -0.2) is 0 Å². The van der Waals surface area contributed by atoms with Gasteiger partial charge in [0.05, 0.1) is 6.04 Å². The topological polar surface area (TPSA) is 32.3 Å². The van der Waals surface area contributed by atoms with E-state index >= 15 is 0 Å². The van der Waals surface area contributed by atoms with Crippen molar-refractivity contribution in [3.05, 3.63) is 0 Å². The predicted molar refractivity (Wildman–Crippen MR) is 44.3 cm³/mol. The van der Waals surface area contributed by atoms with Gasteiger partial charge in [0.2, 0.25) is 5.91 Å². The predicted octanol–water partition coefficient (Wildman–Crippen LogP) is 0.0726. The van der Waals surface area contributed by atoms with Crippen LogP contribution in [0.15, 0.2) is 0 Å². The zero-order chi connectivity index (χ0) is 8.43. The van der Waals surface area contributed by atoms with E-state index in [2.05, 4.69) is 12.2 Å². The Morgan fingerprint density at radius 3 is 2.55 bits per heavy atom. The molecule has 1 N–H and O–H groups in total. The van der Waals surface area contributed by atoms with Crippen molar-refractivity contribution in [3.63, 3.8) is 0 Å². The van der Waals surface area contributed by atoms with Gasteiger partial charge in [-0.05, 0) is 18.9 Å². The molecule has 0 radical (unpaired) electrons. The van der Waals surface area contributed by atoms with Gasteiger partial charge in [0.25, 0.3) is 0 Å². The normalized spacial score (nSPS) is 30.5. The third kappa shape index (κ3) is 1.71. The van der Waals surface area contributed by atoms with Gasteiger partial charge in [-0.3, -0.25) is 4.79 Å². The summed E-state index contributed by atoms with van der Waals surface area (Å²) in [5.41, 5.74) is 0. The van der Waals surface area contributed by atoms with Gasteiger partial charge in [0.1, 0.15) is 0 Å². The lowest BCUT2D eigenvalue weighted by Gasteiger charge is -2.19. The Morgan fingerprint density at radius 1 is 1.55 bits per heavy atom. The Kier molecular flexibility index (Phi) is 2.49. The van der Waals surface area contributed by atoms with E-state index in [0.29, 0.717) is 5.92 Å². The zero-order valence-corrected chi connectivity index (χ0v) is 7.42. The molecular weight excluding hydrogens is 140 g/mol. The smallest absolute Gasteiger partial charge is 0.239 e. The maximum Gasteiger partial charge on any atom is 0.239 e. The zero-order valence-electron chi connectivity index (χ0n) is 7.42. The molecule has 3 heteroatoms. The van der Waals surface area contributed by atoms with Crippen molar-refractivity contribution in [2.45, 2.75) is 19.4 Å². The Bertz CT molecular complexity index is 156. The molecule has 0 aromatic carbocycles.